The molecule has 0 aliphatic heterocycles. The number of rotatable bonds is 4. The highest BCUT2D eigenvalue weighted by atomic mass is 79.9. The average molecular weight is 286 g/mol. The van der Waals surface area contributed by atoms with Crippen LogP contribution in [-0.4, -0.2) is 12.5 Å². The standard InChI is InChI=1S/C11H13BrFN3/c1-2-5-15-11(14)16-7-8-6-9(12)3-4-10(8)13/h2-4,6H,1,5,7H2,(H3,14,15,16). The minimum atomic E-state index is -0.288. The second-order valence-corrected chi connectivity index (χ2v) is 4.02. The fourth-order valence-electron chi connectivity index (χ4n) is 1.07. The maximum absolute atomic E-state index is 13.3. The van der Waals surface area contributed by atoms with Gasteiger partial charge in [-0.25, -0.2) is 9.38 Å². The van der Waals surface area contributed by atoms with Gasteiger partial charge in [0, 0.05) is 16.6 Å². The number of benzene rings is 1. The van der Waals surface area contributed by atoms with Crippen LogP contribution in [0.25, 0.3) is 0 Å². The molecule has 0 aliphatic carbocycles. The highest BCUT2D eigenvalue weighted by Crippen LogP contribution is 2.16. The van der Waals surface area contributed by atoms with E-state index >= 15 is 0 Å². The molecule has 3 nitrogen and oxygen atoms in total. The van der Waals surface area contributed by atoms with Crippen LogP contribution in [0.1, 0.15) is 5.56 Å². The summed E-state index contributed by atoms with van der Waals surface area (Å²) < 4.78 is 14.1. The number of halogens is 2. The zero-order valence-electron chi connectivity index (χ0n) is 8.71. The van der Waals surface area contributed by atoms with E-state index in [9.17, 15) is 4.39 Å². The van der Waals surface area contributed by atoms with Gasteiger partial charge in [-0.1, -0.05) is 22.0 Å². The van der Waals surface area contributed by atoms with Gasteiger partial charge in [0.05, 0.1) is 6.54 Å². The molecule has 0 aromatic heterocycles. The topological polar surface area (TPSA) is 50.4 Å². The molecule has 0 atom stereocenters. The van der Waals surface area contributed by atoms with Gasteiger partial charge in [0.1, 0.15) is 5.82 Å². The molecule has 86 valence electrons. The lowest BCUT2D eigenvalue weighted by Crippen LogP contribution is -2.31. The Hall–Kier alpha value is -1.36. The zero-order valence-corrected chi connectivity index (χ0v) is 10.3. The smallest absolute Gasteiger partial charge is 0.189 e. The quantitative estimate of drug-likeness (QED) is 0.506. The average Bonchev–Trinajstić information content (AvgIpc) is 2.27. The fraction of sp³-hybridized carbons (Fsp3) is 0.182. The summed E-state index contributed by atoms with van der Waals surface area (Å²) in [6.45, 7) is 4.28. The third kappa shape index (κ3) is 4.02. The fourth-order valence-corrected chi connectivity index (χ4v) is 1.48. The van der Waals surface area contributed by atoms with E-state index in [2.05, 4.69) is 32.8 Å². The first kappa shape index (κ1) is 12.7. The van der Waals surface area contributed by atoms with Crippen LogP contribution in [0.15, 0.2) is 40.3 Å². The number of aliphatic imine (C=N–C) groups is 1. The molecule has 16 heavy (non-hydrogen) atoms. The summed E-state index contributed by atoms with van der Waals surface area (Å²) in [5.41, 5.74) is 6.05. The lowest BCUT2D eigenvalue weighted by molar-refractivity contribution is 0.610. The van der Waals surface area contributed by atoms with E-state index in [0.29, 0.717) is 12.1 Å². The Morgan fingerprint density at radius 2 is 2.38 bits per heavy atom. The van der Waals surface area contributed by atoms with Gasteiger partial charge < -0.3 is 11.1 Å². The van der Waals surface area contributed by atoms with Gasteiger partial charge in [-0.3, -0.25) is 0 Å². The monoisotopic (exact) mass is 285 g/mol. The largest absolute Gasteiger partial charge is 0.370 e. The van der Waals surface area contributed by atoms with Gasteiger partial charge in [-0.05, 0) is 18.2 Å². The van der Waals surface area contributed by atoms with Crippen molar-refractivity contribution in [2.45, 2.75) is 6.54 Å². The Morgan fingerprint density at radius 1 is 1.62 bits per heavy atom. The predicted molar refractivity (Wildman–Crippen MR) is 67.6 cm³/mol. The summed E-state index contributed by atoms with van der Waals surface area (Å²) in [6.07, 6.45) is 1.67. The predicted octanol–water partition coefficient (Wildman–Crippen LogP) is 2.18. The number of nitrogens with two attached hydrogens (primary N) is 1. The molecular weight excluding hydrogens is 273 g/mol. The van der Waals surface area contributed by atoms with Crippen LogP contribution in [0, 0.1) is 5.82 Å². The third-order valence-electron chi connectivity index (χ3n) is 1.86. The van der Waals surface area contributed by atoms with Crippen molar-refractivity contribution in [2.24, 2.45) is 10.7 Å². The number of nitrogens with one attached hydrogen (secondary N) is 1. The van der Waals surface area contributed by atoms with E-state index in [4.69, 9.17) is 5.73 Å². The maximum Gasteiger partial charge on any atom is 0.189 e. The highest BCUT2D eigenvalue weighted by Gasteiger charge is 2.01. The molecule has 0 unspecified atom stereocenters. The Balaban J connectivity index is 2.66. The minimum absolute atomic E-state index is 0.210. The van der Waals surface area contributed by atoms with Crippen LogP contribution < -0.4 is 11.1 Å². The maximum atomic E-state index is 13.3. The molecule has 1 rings (SSSR count). The van der Waals surface area contributed by atoms with E-state index in [1.54, 1.807) is 18.2 Å². The summed E-state index contributed by atoms with van der Waals surface area (Å²) in [5.74, 6) is -0.0113. The Kier molecular flexibility index (Phi) is 4.98. The second kappa shape index (κ2) is 6.27. The molecule has 0 saturated heterocycles. The van der Waals surface area contributed by atoms with Crippen molar-refractivity contribution in [2.75, 3.05) is 6.54 Å². The Labute approximate surface area is 102 Å². The van der Waals surface area contributed by atoms with Gasteiger partial charge in [-0.2, -0.15) is 0 Å². The second-order valence-electron chi connectivity index (χ2n) is 3.11. The van der Waals surface area contributed by atoms with E-state index in [1.807, 2.05) is 0 Å². The van der Waals surface area contributed by atoms with E-state index < -0.39 is 0 Å². The van der Waals surface area contributed by atoms with Crippen LogP contribution in [0.3, 0.4) is 0 Å². The first-order valence-electron chi connectivity index (χ1n) is 4.72. The van der Waals surface area contributed by atoms with Crippen molar-refractivity contribution in [3.05, 3.63) is 46.7 Å². The molecule has 0 fully saturated rings. The molecule has 0 aliphatic rings. The van der Waals surface area contributed by atoms with Gasteiger partial charge in [0.25, 0.3) is 0 Å². The summed E-state index contributed by atoms with van der Waals surface area (Å²) in [4.78, 5) is 4.01. The number of guanidine groups is 1. The molecule has 3 N–H and O–H groups in total. The number of nitrogens with zero attached hydrogens (tertiary/aromatic N) is 1. The first-order chi connectivity index (χ1) is 7.63. The number of hydrogen-bond donors (Lipinski definition) is 2. The van der Waals surface area contributed by atoms with Crippen LogP contribution in [0.5, 0.6) is 0 Å². The zero-order chi connectivity index (χ0) is 12.0. The highest BCUT2D eigenvalue weighted by molar-refractivity contribution is 9.10. The van der Waals surface area contributed by atoms with Gasteiger partial charge >= 0.3 is 0 Å². The summed E-state index contributed by atoms with van der Waals surface area (Å²) in [7, 11) is 0. The lowest BCUT2D eigenvalue weighted by Gasteiger charge is -2.03. The van der Waals surface area contributed by atoms with Crippen molar-refractivity contribution in [1.29, 1.82) is 0 Å². The molecule has 0 radical (unpaired) electrons. The number of hydrogen-bond acceptors (Lipinski definition) is 1. The van der Waals surface area contributed by atoms with E-state index in [1.165, 1.54) is 6.07 Å². The summed E-state index contributed by atoms with van der Waals surface area (Å²) in [5, 5.41) is 2.81. The van der Waals surface area contributed by atoms with Crippen molar-refractivity contribution < 1.29 is 4.39 Å². The minimum Gasteiger partial charge on any atom is -0.370 e. The Bertz CT molecular complexity index is 404. The van der Waals surface area contributed by atoms with Crippen LogP contribution in [0.4, 0.5) is 4.39 Å². The normalized spacial score (nSPS) is 11.2. The molecule has 0 heterocycles. The van der Waals surface area contributed by atoms with Gasteiger partial charge in [-0.15, -0.1) is 6.58 Å². The van der Waals surface area contributed by atoms with Gasteiger partial charge in [0.15, 0.2) is 5.96 Å². The lowest BCUT2D eigenvalue weighted by atomic mass is 10.2. The molecule has 5 heteroatoms. The Morgan fingerprint density at radius 3 is 3.06 bits per heavy atom. The van der Waals surface area contributed by atoms with E-state index in [-0.39, 0.29) is 18.3 Å². The summed E-state index contributed by atoms with van der Waals surface area (Å²) in [6, 6.07) is 4.71. The van der Waals surface area contributed by atoms with Crippen LogP contribution in [-0.2, 0) is 6.54 Å². The third-order valence-corrected chi connectivity index (χ3v) is 2.35. The molecular formula is C11H13BrFN3. The molecule has 0 amide bonds. The molecule has 0 bridgehead atoms. The van der Waals surface area contributed by atoms with Crippen LogP contribution in [0.2, 0.25) is 0 Å². The van der Waals surface area contributed by atoms with Crippen LogP contribution >= 0.6 is 15.9 Å². The van der Waals surface area contributed by atoms with Gasteiger partial charge in [0.2, 0.25) is 0 Å². The van der Waals surface area contributed by atoms with E-state index in [0.717, 1.165) is 4.47 Å². The SMILES string of the molecule is C=CCNC(N)=NCc1cc(Br)ccc1F. The molecule has 0 spiro atoms. The van der Waals surface area contributed by atoms with Crippen molar-refractivity contribution in [3.63, 3.8) is 0 Å². The van der Waals surface area contributed by atoms with Crippen molar-refractivity contribution in [1.82, 2.24) is 5.32 Å². The molecule has 0 saturated carbocycles. The molecule has 1 aromatic carbocycles. The summed E-state index contributed by atoms with van der Waals surface area (Å²) >= 11 is 3.27. The van der Waals surface area contributed by atoms with Crippen molar-refractivity contribution in [3.8, 4) is 0 Å². The van der Waals surface area contributed by atoms with Crippen molar-refractivity contribution >= 4 is 21.9 Å². The molecule has 1 aromatic rings. The first-order valence-corrected chi connectivity index (χ1v) is 5.51.